The van der Waals surface area contributed by atoms with Crippen LogP contribution in [0.3, 0.4) is 0 Å². The van der Waals surface area contributed by atoms with E-state index >= 15 is 0 Å². The van der Waals surface area contributed by atoms with Gasteiger partial charge in [-0.1, -0.05) is 37.3 Å². The van der Waals surface area contributed by atoms with Crippen LogP contribution in [0.2, 0.25) is 0 Å². The molecule has 0 saturated carbocycles. The molecule has 0 radical (unpaired) electrons. The molecule has 2 amide bonds. The number of nitrogens with zero attached hydrogens (tertiary/aromatic N) is 2. The number of likely N-dealkylation sites (N-methyl/N-ethyl adjacent to an activating group) is 1. The largest absolute Gasteiger partial charge is 0.343 e. The first kappa shape index (κ1) is 16.5. The molecule has 5 nitrogen and oxygen atoms in total. The second kappa shape index (κ2) is 7.94. The zero-order chi connectivity index (χ0) is 15.9. The molecule has 1 atom stereocenters. The summed E-state index contributed by atoms with van der Waals surface area (Å²) in [4.78, 5) is 28.1. The Balaban J connectivity index is 1.82. The Hall–Kier alpha value is -1.88. The number of hydrogen-bond donors (Lipinski definition) is 1. The molecule has 0 aromatic heterocycles. The zero-order valence-electron chi connectivity index (χ0n) is 13.4. The average Bonchev–Trinajstić information content (AvgIpc) is 2.81. The summed E-state index contributed by atoms with van der Waals surface area (Å²) in [5.41, 5.74) is 1.12. The quantitative estimate of drug-likeness (QED) is 0.825. The van der Waals surface area contributed by atoms with E-state index in [0.717, 1.165) is 18.5 Å². The van der Waals surface area contributed by atoms with Gasteiger partial charge in [0.15, 0.2) is 0 Å². The average molecular weight is 303 g/mol. The van der Waals surface area contributed by atoms with Crippen molar-refractivity contribution >= 4 is 11.8 Å². The molecule has 0 aliphatic carbocycles. The van der Waals surface area contributed by atoms with Crippen LogP contribution in [0.25, 0.3) is 0 Å². The number of benzene rings is 1. The predicted octanol–water partition coefficient (Wildman–Crippen LogP) is 1.25. The van der Waals surface area contributed by atoms with E-state index in [2.05, 4.69) is 12.2 Å². The minimum atomic E-state index is -0.369. The van der Waals surface area contributed by atoms with Gasteiger partial charge in [0.1, 0.15) is 6.04 Å². The summed E-state index contributed by atoms with van der Waals surface area (Å²) in [7, 11) is 1.92. The molecule has 1 aromatic carbocycles. The summed E-state index contributed by atoms with van der Waals surface area (Å²) in [6.07, 6.45) is 1.70. The van der Waals surface area contributed by atoms with Crippen molar-refractivity contribution in [2.24, 2.45) is 0 Å². The first-order valence-corrected chi connectivity index (χ1v) is 7.90. The van der Waals surface area contributed by atoms with Gasteiger partial charge in [0.25, 0.3) is 0 Å². The maximum absolute atomic E-state index is 12.4. The third-order valence-corrected chi connectivity index (χ3v) is 3.87. The molecule has 1 saturated heterocycles. The fourth-order valence-corrected chi connectivity index (χ4v) is 2.78. The minimum Gasteiger partial charge on any atom is -0.343 e. The molecule has 1 aromatic rings. The lowest BCUT2D eigenvalue weighted by Gasteiger charge is -2.19. The highest BCUT2D eigenvalue weighted by Gasteiger charge is 2.32. The van der Waals surface area contributed by atoms with Crippen LogP contribution in [-0.2, 0) is 16.1 Å². The van der Waals surface area contributed by atoms with Crippen LogP contribution in [0.4, 0.5) is 0 Å². The standard InChI is InChI=1S/C17H25N3O2/c1-3-10-19(2)13-16(21)18-15-9-11-20(17(15)22)12-14-7-5-4-6-8-14/h4-8,15H,3,9-13H2,1-2H3,(H,18,21)/t15-/m1/s1. The predicted molar refractivity (Wildman–Crippen MR) is 86.2 cm³/mol. The van der Waals surface area contributed by atoms with Crippen LogP contribution in [0, 0.1) is 0 Å². The molecule has 1 heterocycles. The Morgan fingerprint density at radius 3 is 2.77 bits per heavy atom. The molecule has 2 rings (SSSR count). The third-order valence-electron chi connectivity index (χ3n) is 3.87. The lowest BCUT2D eigenvalue weighted by molar-refractivity contribution is -0.133. The summed E-state index contributed by atoms with van der Waals surface area (Å²) in [6, 6.07) is 9.56. The number of rotatable bonds is 7. The van der Waals surface area contributed by atoms with Gasteiger partial charge in [-0.3, -0.25) is 14.5 Å². The van der Waals surface area contributed by atoms with Gasteiger partial charge in [0.05, 0.1) is 6.54 Å². The zero-order valence-corrected chi connectivity index (χ0v) is 13.4. The topological polar surface area (TPSA) is 52.7 Å². The van der Waals surface area contributed by atoms with Crippen LogP contribution in [0.5, 0.6) is 0 Å². The number of hydrogen-bond acceptors (Lipinski definition) is 3. The molecule has 120 valence electrons. The van der Waals surface area contributed by atoms with Crippen molar-refractivity contribution in [1.29, 1.82) is 0 Å². The van der Waals surface area contributed by atoms with Crippen LogP contribution in [-0.4, -0.2) is 54.3 Å². The van der Waals surface area contributed by atoms with E-state index in [4.69, 9.17) is 0 Å². The van der Waals surface area contributed by atoms with Crippen molar-refractivity contribution in [3.63, 3.8) is 0 Å². The van der Waals surface area contributed by atoms with E-state index in [-0.39, 0.29) is 17.9 Å². The van der Waals surface area contributed by atoms with Gasteiger partial charge in [-0.25, -0.2) is 0 Å². The second-order valence-corrected chi connectivity index (χ2v) is 5.89. The van der Waals surface area contributed by atoms with Crippen LogP contribution in [0.1, 0.15) is 25.3 Å². The molecule has 1 aliphatic rings. The van der Waals surface area contributed by atoms with E-state index in [0.29, 0.717) is 26.1 Å². The summed E-state index contributed by atoms with van der Waals surface area (Å²) < 4.78 is 0. The molecule has 0 unspecified atom stereocenters. The summed E-state index contributed by atoms with van der Waals surface area (Å²) in [6.45, 7) is 4.62. The highest BCUT2D eigenvalue weighted by Crippen LogP contribution is 2.15. The lowest BCUT2D eigenvalue weighted by Crippen LogP contribution is -2.45. The van der Waals surface area contributed by atoms with E-state index in [1.54, 1.807) is 0 Å². The first-order valence-electron chi connectivity index (χ1n) is 7.90. The molecule has 22 heavy (non-hydrogen) atoms. The summed E-state index contributed by atoms with van der Waals surface area (Å²) >= 11 is 0. The van der Waals surface area contributed by atoms with Crippen LogP contribution in [0.15, 0.2) is 30.3 Å². The molecule has 1 aliphatic heterocycles. The minimum absolute atomic E-state index is 0.0235. The van der Waals surface area contributed by atoms with Gasteiger partial charge >= 0.3 is 0 Å². The first-order chi connectivity index (χ1) is 10.6. The van der Waals surface area contributed by atoms with Crippen LogP contribution >= 0.6 is 0 Å². The second-order valence-electron chi connectivity index (χ2n) is 5.89. The van der Waals surface area contributed by atoms with E-state index < -0.39 is 0 Å². The maximum Gasteiger partial charge on any atom is 0.245 e. The Morgan fingerprint density at radius 1 is 1.36 bits per heavy atom. The van der Waals surface area contributed by atoms with E-state index in [9.17, 15) is 9.59 Å². The molecular weight excluding hydrogens is 278 g/mol. The molecule has 5 heteroatoms. The highest BCUT2D eigenvalue weighted by molar-refractivity contribution is 5.89. The van der Waals surface area contributed by atoms with Crippen molar-refractivity contribution in [2.45, 2.75) is 32.4 Å². The third kappa shape index (κ3) is 4.56. The number of likely N-dealkylation sites (tertiary alicyclic amines) is 1. The van der Waals surface area contributed by atoms with E-state index in [1.807, 2.05) is 47.2 Å². The molecular formula is C17H25N3O2. The van der Waals surface area contributed by atoms with Crippen LogP contribution < -0.4 is 5.32 Å². The maximum atomic E-state index is 12.4. The van der Waals surface area contributed by atoms with Crippen molar-refractivity contribution in [3.8, 4) is 0 Å². The van der Waals surface area contributed by atoms with Gasteiger partial charge in [0, 0.05) is 13.1 Å². The number of carbonyl (C=O) groups excluding carboxylic acids is 2. The summed E-state index contributed by atoms with van der Waals surface area (Å²) in [5, 5.41) is 2.86. The molecule has 0 spiro atoms. The molecule has 1 N–H and O–H groups in total. The Bertz CT molecular complexity index is 504. The van der Waals surface area contributed by atoms with Crippen molar-refractivity contribution in [2.75, 3.05) is 26.7 Å². The van der Waals surface area contributed by atoms with Gasteiger partial charge in [-0.2, -0.15) is 0 Å². The van der Waals surface area contributed by atoms with Crippen molar-refractivity contribution < 1.29 is 9.59 Å². The van der Waals surface area contributed by atoms with Gasteiger partial charge in [-0.15, -0.1) is 0 Å². The lowest BCUT2D eigenvalue weighted by atomic mass is 10.2. The van der Waals surface area contributed by atoms with Crippen molar-refractivity contribution in [1.82, 2.24) is 15.1 Å². The van der Waals surface area contributed by atoms with Gasteiger partial charge in [0.2, 0.25) is 11.8 Å². The normalized spacial score (nSPS) is 18.0. The fraction of sp³-hybridized carbons (Fsp3) is 0.529. The molecule has 0 bridgehead atoms. The van der Waals surface area contributed by atoms with Gasteiger partial charge in [-0.05, 0) is 32.0 Å². The van der Waals surface area contributed by atoms with E-state index in [1.165, 1.54) is 0 Å². The molecule has 1 fully saturated rings. The number of carbonyl (C=O) groups is 2. The summed E-state index contributed by atoms with van der Waals surface area (Å²) in [5.74, 6) is -0.0498. The number of nitrogens with one attached hydrogen (secondary N) is 1. The Morgan fingerprint density at radius 2 is 2.09 bits per heavy atom. The smallest absolute Gasteiger partial charge is 0.245 e. The SMILES string of the molecule is CCCN(C)CC(=O)N[C@@H]1CCN(Cc2ccccc2)C1=O. The monoisotopic (exact) mass is 303 g/mol. The van der Waals surface area contributed by atoms with Crippen molar-refractivity contribution in [3.05, 3.63) is 35.9 Å². The Kier molecular flexibility index (Phi) is 5.95. The fourth-order valence-electron chi connectivity index (χ4n) is 2.78. The Labute approximate surface area is 132 Å². The highest BCUT2D eigenvalue weighted by atomic mass is 16.2. The number of amides is 2. The van der Waals surface area contributed by atoms with Gasteiger partial charge < -0.3 is 10.2 Å².